The topological polar surface area (TPSA) is 143 Å². The van der Waals surface area contributed by atoms with Crippen molar-refractivity contribution in [3.63, 3.8) is 0 Å². The third kappa shape index (κ3) is 5.33. The summed E-state index contributed by atoms with van der Waals surface area (Å²) in [6.07, 6.45) is 0.986. The van der Waals surface area contributed by atoms with Gasteiger partial charge >= 0.3 is 6.61 Å². The molecule has 11 nitrogen and oxygen atoms in total. The van der Waals surface area contributed by atoms with Crippen LogP contribution in [0.1, 0.15) is 39.7 Å². The monoisotopic (exact) mass is 564 g/mol. The van der Waals surface area contributed by atoms with Crippen LogP contribution in [0.25, 0.3) is 0 Å². The lowest BCUT2D eigenvalue weighted by atomic mass is 10.0. The number of nitrogens with one attached hydrogen (secondary N) is 2. The number of pyridine rings is 1. The maximum atomic E-state index is 13.2. The highest BCUT2D eigenvalue weighted by Crippen LogP contribution is 2.40. The number of rotatable bonds is 6. The van der Waals surface area contributed by atoms with Crippen molar-refractivity contribution in [1.82, 2.24) is 19.6 Å². The van der Waals surface area contributed by atoms with E-state index in [1.165, 1.54) is 31.5 Å². The Morgan fingerprint density at radius 2 is 1.84 bits per heavy atom. The van der Waals surface area contributed by atoms with E-state index in [1.54, 1.807) is 37.3 Å². The number of aromatic nitrogens is 2. The van der Waals surface area contributed by atoms with Gasteiger partial charge in [0, 0.05) is 18.0 Å². The van der Waals surface area contributed by atoms with Gasteiger partial charge in [-0.15, -0.1) is 11.3 Å². The zero-order chi connectivity index (χ0) is 27.7. The summed E-state index contributed by atoms with van der Waals surface area (Å²) in [5, 5.41) is 5.82. The summed E-state index contributed by atoms with van der Waals surface area (Å²) in [4.78, 5) is 38.0. The zero-order valence-electron chi connectivity index (χ0n) is 20.3. The lowest BCUT2D eigenvalue weighted by Crippen LogP contribution is -2.57. The molecular weight excluding hydrogens is 542 g/mol. The first kappa shape index (κ1) is 27.1. The molecular formula is C23H22F2N6O5S2. The van der Waals surface area contributed by atoms with Crippen LogP contribution in [0.4, 0.5) is 14.6 Å². The number of aliphatic imine (C=N–C) groups is 1. The van der Waals surface area contributed by atoms with Gasteiger partial charge in [-0.1, -0.05) is 18.2 Å². The van der Waals surface area contributed by atoms with Crippen LogP contribution < -0.4 is 15.4 Å². The number of nitrogens with zero attached hydrogens (tertiary/aromatic N) is 4. The van der Waals surface area contributed by atoms with Crippen molar-refractivity contribution >= 4 is 45.0 Å². The first-order chi connectivity index (χ1) is 17.9. The Balaban J connectivity index is 1.58. The molecule has 0 fully saturated rings. The minimum Gasteiger partial charge on any atom is -0.433 e. The second-order valence-corrected chi connectivity index (χ2v) is 11.5. The summed E-state index contributed by atoms with van der Waals surface area (Å²) >= 11 is 1.07. The molecule has 0 saturated heterocycles. The van der Waals surface area contributed by atoms with E-state index in [4.69, 9.17) is 0 Å². The van der Waals surface area contributed by atoms with Gasteiger partial charge in [-0.05, 0) is 38.1 Å². The minimum absolute atomic E-state index is 0.0773. The molecule has 200 valence electrons. The Bertz CT molecular complexity index is 1480. The number of carbonyl (C=O) groups excluding carboxylic acids is 2. The fraction of sp³-hybridized carbons (Fsp3) is 0.261. The molecule has 0 bridgehead atoms. The standard InChI is InChI=1S/C23H22F2N6O5S2/c1-13-23(2,30-22(31(3)38(13,34)35)29-18(32)14-7-5-4-6-8-14)20-28-17(12-37-20)27-19(33)16-10-9-15(11-26-16)36-21(24)25/h4-13,21H,1-3H3,(H,27,33)(H,29,30,32). The Hall–Kier alpha value is -3.98. The van der Waals surface area contributed by atoms with Crippen LogP contribution in [0.5, 0.6) is 5.75 Å². The SMILES string of the molecule is CC1C(C)(c2nc(NC(=O)c3ccc(OC(F)F)cn3)cs2)N=C(NC(=O)c2ccccc2)N(C)S1(=O)=O. The van der Waals surface area contributed by atoms with Crippen molar-refractivity contribution in [2.45, 2.75) is 31.2 Å². The van der Waals surface area contributed by atoms with Crippen LogP contribution >= 0.6 is 11.3 Å². The van der Waals surface area contributed by atoms with Crippen molar-refractivity contribution < 1.29 is 31.5 Å². The first-order valence-corrected chi connectivity index (χ1v) is 13.4. The molecule has 15 heteroatoms. The number of hydrogen-bond acceptors (Lipinski definition) is 9. The average molecular weight is 565 g/mol. The second-order valence-electron chi connectivity index (χ2n) is 8.31. The van der Waals surface area contributed by atoms with Crippen LogP contribution in [-0.2, 0) is 15.6 Å². The number of alkyl halides is 2. The van der Waals surface area contributed by atoms with Crippen LogP contribution in [0.2, 0.25) is 0 Å². The highest BCUT2D eigenvalue weighted by atomic mass is 32.2. The first-order valence-electron chi connectivity index (χ1n) is 11.0. The van der Waals surface area contributed by atoms with Crippen molar-refractivity contribution in [2.75, 3.05) is 12.4 Å². The van der Waals surface area contributed by atoms with Gasteiger partial charge in [0.25, 0.3) is 11.8 Å². The predicted molar refractivity (Wildman–Crippen MR) is 136 cm³/mol. The molecule has 0 saturated carbocycles. The minimum atomic E-state index is -3.95. The Labute approximate surface area is 220 Å². The summed E-state index contributed by atoms with van der Waals surface area (Å²) in [6.45, 7) is 0.0365. The number of hydrogen-bond donors (Lipinski definition) is 2. The largest absolute Gasteiger partial charge is 0.433 e. The Kier molecular flexibility index (Phi) is 7.42. The van der Waals surface area contributed by atoms with E-state index in [1.807, 2.05) is 0 Å². The van der Waals surface area contributed by atoms with Crippen LogP contribution in [0.3, 0.4) is 0 Å². The number of ether oxygens (including phenoxy) is 1. The van der Waals surface area contributed by atoms with Crippen molar-refractivity contribution in [1.29, 1.82) is 0 Å². The van der Waals surface area contributed by atoms with E-state index in [2.05, 4.69) is 30.3 Å². The summed E-state index contributed by atoms with van der Waals surface area (Å²) in [6, 6.07) is 10.6. The van der Waals surface area contributed by atoms with Gasteiger partial charge in [0.1, 0.15) is 33.1 Å². The van der Waals surface area contributed by atoms with E-state index in [0.717, 1.165) is 21.8 Å². The zero-order valence-corrected chi connectivity index (χ0v) is 21.9. The molecule has 0 aliphatic carbocycles. The van der Waals surface area contributed by atoms with Gasteiger partial charge in [0.15, 0.2) is 0 Å². The highest BCUT2D eigenvalue weighted by Gasteiger charge is 2.50. The molecule has 38 heavy (non-hydrogen) atoms. The van der Waals surface area contributed by atoms with Crippen LogP contribution in [0, 0.1) is 0 Å². The van der Waals surface area contributed by atoms with Crippen LogP contribution in [0.15, 0.2) is 59.0 Å². The second kappa shape index (κ2) is 10.4. The smallest absolute Gasteiger partial charge is 0.387 e. The molecule has 1 aliphatic rings. The van der Waals surface area contributed by atoms with Gasteiger partial charge in [0.05, 0.1) is 6.20 Å². The molecule has 2 atom stereocenters. The lowest BCUT2D eigenvalue weighted by molar-refractivity contribution is -0.0500. The van der Waals surface area contributed by atoms with E-state index in [0.29, 0.717) is 5.56 Å². The number of guanidine groups is 1. The number of halogens is 2. The van der Waals surface area contributed by atoms with E-state index < -0.39 is 39.2 Å². The van der Waals surface area contributed by atoms with Crippen molar-refractivity contribution in [3.8, 4) is 5.75 Å². The molecule has 2 aromatic heterocycles. The number of benzene rings is 1. The number of carbonyl (C=O) groups is 2. The van der Waals surface area contributed by atoms with E-state index in [9.17, 15) is 26.8 Å². The summed E-state index contributed by atoms with van der Waals surface area (Å²) in [5.41, 5.74) is -1.15. The molecule has 4 rings (SSSR count). The van der Waals surface area contributed by atoms with Crippen molar-refractivity contribution in [3.05, 3.63) is 70.3 Å². The molecule has 1 aromatic carbocycles. The summed E-state index contributed by atoms with van der Waals surface area (Å²) < 4.78 is 56.2. The summed E-state index contributed by atoms with van der Waals surface area (Å²) in [5.74, 6) is -1.46. The molecule has 2 N–H and O–H groups in total. The van der Waals surface area contributed by atoms with E-state index >= 15 is 0 Å². The fourth-order valence-electron chi connectivity index (χ4n) is 3.55. The molecule has 2 amide bonds. The highest BCUT2D eigenvalue weighted by molar-refractivity contribution is 7.90. The maximum absolute atomic E-state index is 13.2. The number of sulfonamides is 1. The van der Waals surface area contributed by atoms with E-state index in [-0.39, 0.29) is 28.2 Å². The van der Waals surface area contributed by atoms with Crippen molar-refractivity contribution in [2.24, 2.45) is 4.99 Å². The van der Waals surface area contributed by atoms with Gasteiger partial charge in [0.2, 0.25) is 16.0 Å². The quantitative estimate of drug-likeness (QED) is 0.468. The Morgan fingerprint density at radius 3 is 2.47 bits per heavy atom. The van der Waals surface area contributed by atoms with Crippen LogP contribution in [-0.4, -0.2) is 59.4 Å². The predicted octanol–water partition coefficient (Wildman–Crippen LogP) is 3.06. The fourth-order valence-corrected chi connectivity index (χ4v) is 6.12. The normalized spacial score (nSPS) is 20.5. The lowest BCUT2D eigenvalue weighted by Gasteiger charge is -2.39. The molecule has 0 spiro atoms. The molecule has 2 unspecified atom stereocenters. The number of thiazole rings is 1. The molecule has 3 aromatic rings. The third-order valence-corrected chi connectivity index (χ3v) is 9.25. The number of amides is 2. The molecule has 1 aliphatic heterocycles. The average Bonchev–Trinajstić information content (AvgIpc) is 3.36. The van der Waals surface area contributed by atoms with Gasteiger partial charge < -0.3 is 10.1 Å². The van der Waals surface area contributed by atoms with Gasteiger partial charge in [-0.2, -0.15) is 8.78 Å². The third-order valence-electron chi connectivity index (χ3n) is 5.89. The molecule has 3 heterocycles. The Morgan fingerprint density at radius 1 is 1.13 bits per heavy atom. The molecule has 0 radical (unpaired) electrons. The number of anilines is 1. The van der Waals surface area contributed by atoms with Gasteiger partial charge in [-0.25, -0.2) is 27.7 Å². The van der Waals surface area contributed by atoms with Gasteiger partial charge in [-0.3, -0.25) is 14.9 Å². The summed E-state index contributed by atoms with van der Waals surface area (Å²) in [7, 11) is -2.65. The maximum Gasteiger partial charge on any atom is 0.387 e.